The van der Waals surface area contributed by atoms with Crippen molar-refractivity contribution >= 4 is 15.8 Å². The molecule has 1 rings (SSSR count). The Kier molecular flexibility index (Phi) is 4.68. The minimum absolute atomic E-state index is 0.0213. The molecule has 0 spiro atoms. The first-order valence-corrected chi connectivity index (χ1v) is 7.20. The van der Waals surface area contributed by atoms with Gasteiger partial charge in [0.1, 0.15) is 0 Å². The molecule has 1 aromatic heterocycles. The third kappa shape index (κ3) is 4.18. The van der Waals surface area contributed by atoms with Crippen molar-refractivity contribution in [3.05, 3.63) is 18.0 Å². The van der Waals surface area contributed by atoms with Crippen LogP contribution in [-0.4, -0.2) is 42.3 Å². The fourth-order valence-corrected chi connectivity index (χ4v) is 1.94. The van der Waals surface area contributed by atoms with E-state index in [4.69, 9.17) is 4.74 Å². The van der Waals surface area contributed by atoms with Crippen molar-refractivity contribution in [2.75, 3.05) is 18.1 Å². The predicted molar refractivity (Wildman–Crippen MR) is 62.5 cm³/mol. The van der Waals surface area contributed by atoms with Crippen LogP contribution in [0.5, 0.6) is 0 Å². The van der Waals surface area contributed by atoms with Crippen molar-refractivity contribution in [1.29, 1.82) is 0 Å². The molecule has 0 aliphatic rings. The highest BCUT2D eigenvalue weighted by Gasteiger charge is 2.11. The van der Waals surface area contributed by atoms with Crippen LogP contribution in [0.1, 0.15) is 24.2 Å². The fraction of sp³-hybridized carbons (Fsp3) is 0.600. The predicted octanol–water partition coefficient (Wildman–Crippen LogP) is 0.494. The van der Waals surface area contributed by atoms with Gasteiger partial charge in [-0.25, -0.2) is 13.2 Å². The lowest BCUT2D eigenvalue weighted by Crippen LogP contribution is -2.14. The van der Waals surface area contributed by atoms with Gasteiger partial charge in [-0.1, -0.05) is 6.92 Å². The number of ether oxygens (including phenoxy) is 1. The summed E-state index contributed by atoms with van der Waals surface area (Å²) in [5, 5.41) is 3.91. The van der Waals surface area contributed by atoms with Crippen LogP contribution >= 0.6 is 0 Å². The highest BCUT2D eigenvalue weighted by molar-refractivity contribution is 7.91. The van der Waals surface area contributed by atoms with Crippen molar-refractivity contribution < 1.29 is 17.9 Å². The van der Waals surface area contributed by atoms with Crippen LogP contribution in [0.2, 0.25) is 0 Å². The van der Waals surface area contributed by atoms with Crippen molar-refractivity contribution in [3.63, 3.8) is 0 Å². The Morgan fingerprint density at radius 2 is 2.18 bits per heavy atom. The van der Waals surface area contributed by atoms with Gasteiger partial charge in [0.05, 0.1) is 30.7 Å². The monoisotopic (exact) mass is 260 g/mol. The second kappa shape index (κ2) is 5.81. The summed E-state index contributed by atoms with van der Waals surface area (Å²) in [6.45, 7) is 3.86. The lowest BCUT2D eigenvalue weighted by Gasteiger charge is -2.01. The molecule has 0 atom stereocenters. The molecular weight excluding hydrogens is 244 g/mol. The van der Waals surface area contributed by atoms with Gasteiger partial charge in [0.25, 0.3) is 0 Å². The molecule has 0 unspecified atom stereocenters. The summed E-state index contributed by atoms with van der Waals surface area (Å²) >= 11 is 0. The molecule has 0 fully saturated rings. The number of sulfone groups is 1. The van der Waals surface area contributed by atoms with E-state index in [1.54, 1.807) is 13.8 Å². The first-order valence-electron chi connectivity index (χ1n) is 5.38. The second-order valence-electron chi connectivity index (χ2n) is 3.45. The summed E-state index contributed by atoms with van der Waals surface area (Å²) in [4.78, 5) is 11.3. The zero-order chi connectivity index (χ0) is 12.9. The van der Waals surface area contributed by atoms with E-state index < -0.39 is 15.8 Å². The molecule has 0 aliphatic heterocycles. The van der Waals surface area contributed by atoms with Gasteiger partial charge in [-0.2, -0.15) is 5.10 Å². The molecule has 0 amide bonds. The molecule has 0 bridgehead atoms. The SMILES string of the molecule is CCOC(=O)c1cnn(CCS(=O)(=O)CC)c1. The van der Waals surface area contributed by atoms with Gasteiger partial charge < -0.3 is 4.74 Å². The van der Waals surface area contributed by atoms with E-state index in [0.717, 1.165) is 0 Å². The molecule has 6 nitrogen and oxygen atoms in total. The topological polar surface area (TPSA) is 78.3 Å². The molecule has 0 N–H and O–H groups in total. The minimum Gasteiger partial charge on any atom is -0.462 e. The summed E-state index contributed by atoms with van der Waals surface area (Å²) < 4.78 is 28.8. The Balaban J connectivity index is 2.60. The molecule has 7 heteroatoms. The summed E-state index contributed by atoms with van der Waals surface area (Å²) in [6, 6.07) is 0. The maximum atomic E-state index is 11.3. The number of carbonyl (C=O) groups excluding carboxylic acids is 1. The van der Waals surface area contributed by atoms with Gasteiger partial charge in [-0.05, 0) is 6.92 Å². The standard InChI is InChI=1S/C10H16N2O4S/c1-3-16-10(13)9-7-11-12(8-9)5-6-17(14,15)4-2/h7-8H,3-6H2,1-2H3. The maximum absolute atomic E-state index is 11.3. The van der Waals surface area contributed by atoms with Gasteiger partial charge in [0, 0.05) is 11.9 Å². The van der Waals surface area contributed by atoms with Gasteiger partial charge in [-0.15, -0.1) is 0 Å². The fourth-order valence-electron chi connectivity index (χ4n) is 1.18. The average Bonchev–Trinajstić information content (AvgIpc) is 2.76. The Hall–Kier alpha value is -1.37. The first-order chi connectivity index (χ1) is 7.98. The summed E-state index contributed by atoms with van der Waals surface area (Å²) in [5.41, 5.74) is 0.334. The van der Waals surface area contributed by atoms with Crippen LogP contribution in [0.3, 0.4) is 0 Å². The second-order valence-corrected chi connectivity index (χ2v) is 5.92. The summed E-state index contributed by atoms with van der Waals surface area (Å²) in [7, 11) is -3.02. The van der Waals surface area contributed by atoms with Crippen LogP contribution < -0.4 is 0 Å². The van der Waals surface area contributed by atoms with E-state index in [1.165, 1.54) is 17.1 Å². The lowest BCUT2D eigenvalue weighted by atomic mass is 10.4. The van der Waals surface area contributed by atoms with Crippen LogP contribution in [0.25, 0.3) is 0 Å². The molecule has 1 heterocycles. The van der Waals surface area contributed by atoms with E-state index in [2.05, 4.69) is 5.10 Å². The Labute approximate surface area is 100 Å². The van der Waals surface area contributed by atoms with Gasteiger partial charge >= 0.3 is 5.97 Å². The van der Waals surface area contributed by atoms with Crippen molar-refractivity contribution in [2.24, 2.45) is 0 Å². The van der Waals surface area contributed by atoms with Gasteiger partial charge in [0.15, 0.2) is 9.84 Å². The molecule has 0 aromatic carbocycles. The van der Waals surface area contributed by atoms with E-state index in [0.29, 0.717) is 12.2 Å². The smallest absolute Gasteiger partial charge is 0.341 e. The number of esters is 1. The molecule has 0 radical (unpaired) electrons. The number of aromatic nitrogens is 2. The van der Waals surface area contributed by atoms with E-state index in [9.17, 15) is 13.2 Å². The highest BCUT2D eigenvalue weighted by Crippen LogP contribution is 2.01. The average molecular weight is 260 g/mol. The van der Waals surface area contributed by atoms with E-state index in [-0.39, 0.29) is 18.1 Å². The summed E-state index contributed by atoms with van der Waals surface area (Å²) in [6.07, 6.45) is 2.86. The largest absolute Gasteiger partial charge is 0.462 e. The Morgan fingerprint density at radius 1 is 1.47 bits per heavy atom. The van der Waals surface area contributed by atoms with Crippen LogP contribution in [0, 0.1) is 0 Å². The Bertz CT molecular complexity index is 478. The zero-order valence-corrected chi connectivity index (χ0v) is 10.7. The molecular formula is C10H16N2O4S. The molecule has 17 heavy (non-hydrogen) atoms. The number of rotatable bonds is 6. The third-order valence-corrected chi connectivity index (χ3v) is 3.90. The minimum atomic E-state index is -3.02. The quantitative estimate of drug-likeness (QED) is 0.696. The van der Waals surface area contributed by atoms with E-state index in [1.807, 2.05) is 0 Å². The van der Waals surface area contributed by atoms with E-state index >= 15 is 0 Å². The highest BCUT2D eigenvalue weighted by atomic mass is 32.2. The number of hydrogen-bond donors (Lipinski definition) is 0. The van der Waals surface area contributed by atoms with Crippen molar-refractivity contribution in [3.8, 4) is 0 Å². The first kappa shape index (κ1) is 13.7. The molecule has 96 valence electrons. The van der Waals surface area contributed by atoms with Crippen LogP contribution in [0.4, 0.5) is 0 Å². The van der Waals surface area contributed by atoms with Crippen molar-refractivity contribution in [1.82, 2.24) is 9.78 Å². The molecule has 0 saturated carbocycles. The third-order valence-electron chi connectivity index (χ3n) is 2.22. The number of aryl methyl sites for hydroxylation is 1. The normalized spacial score (nSPS) is 11.4. The molecule has 0 aliphatic carbocycles. The Morgan fingerprint density at radius 3 is 2.76 bits per heavy atom. The van der Waals surface area contributed by atoms with Gasteiger partial charge in [0.2, 0.25) is 0 Å². The lowest BCUT2D eigenvalue weighted by molar-refractivity contribution is 0.0526. The van der Waals surface area contributed by atoms with Crippen LogP contribution in [0.15, 0.2) is 12.4 Å². The maximum Gasteiger partial charge on any atom is 0.341 e. The number of nitrogens with zero attached hydrogens (tertiary/aromatic N) is 2. The molecule has 1 aromatic rings. The summed E-state index contributed by atoms with van der Waals surface area (Å²) in [5.74, 6) is -0.316. The van der Waals surface area contributed by atoms with Gasteiger partial charge in [-0.3, -0.25) is 4.68 Å². The van der Waals surface area contributed by atoms with Crippen LogP contribution in [-0.2, 0) is 21.1 Å². The number of hydrogen-bond acceptors (Lipinski definition) is 5. The van der Waals surface area contributed by atoms with Crippen molar-refractivity contribution in [2.45, 2.75) is 20.4 Å². The zero-order valence-electron chi connectivity index (χ0n) is 9.92. The number of carbonyl (C=O) groups is 1. The molecule has 0 saturated heterocycles.